The van der Waals surface area contributed by atoms with Gasteiger partial charge in [0.2, 0.25) is 11.8 Å². The summed E-state index contributed by atoms with van der Waals surface area (Å²) in [6, 6.07) is 6.55. The summed E-state index contributed by atoms with van der Waals surface area (Å²) in [5.74, 6) is -0.00698. The summed E-state index contributed by atoms with van der Waals surface area (Å²) in [6.45, 7) is 4.62. The van der Waals surface area contributed by atoms with Crippen molar-refractivity contribution in [1.29, 1.82) is 0 Å². The molecule has 1 aliphatic rings. The minimum atomic E-state index is -0.248. The Morgan fingerprint density at radius 2 is 1.64 bits per heavy atom. The van der Waals surface area contributed by atoms with Crippen molar-refractivity contribution in [3.05, 3.63) is 35.6 Å². The summed E-state index contributed by atoms with van der Waals surface area (Å²) < 4.78 is 12.9. The molecule has 1 aromatic carbocycles. The van der Waals surface area contributed by atoms with Gasteiger partial charge in [0.25, 0.3) is 0 Å². The van der Waals surface area contributed by atoms with Gasteiger partial charge in [-0.1, -0.05) is 19.1 Å². The molecule has 1 aromatic rings. The van der Waals surface area contributed by atoms with Crippen LogP contribution in [0.4, 0.5) is 4.39 Å². The van der Waals surface area contributed by atoms with E-state index < -0.39 is 0 Å². The lowest BCUT2D eigenvalue weighted by molar-refractivity contribution is -0.130. The summed E-state index contributed by atoms with van der Waals surface area (Å²) >= 11 is 0. The monoisotopic (exact) mass is 348 g/mol. The van der Waals surface area contributed by atoms with Crippen LogP contribution in [0.3, 0.4) is 0 Å². The van der Waals surface area contributed by atoms with Crippen LogP contribution < -0.4 is 10.6 Å². The van der Waals surface area contributed by atoms with Crippen LogP contribution in [0.2, 0.25) is 0 Å². The molecule has 0 bridgehead atoms. The van der Waals surface area contributed by atoms with E-state index >= 15 is 0 Å². The van der Waals surface area contributed by atoms with E-state index in [9.17, 15) is 14.0 Å². The van der Waals surface area contributed by atoms with Gasteiger partial charge in [-0.15, -0.1) is 0 Å². The van der Waals surface area contributed by atoms with E-state index in [-0.39, 0.29) is 35.5 Å². The van der Waals surface area contributed by atoms with Crippen molar-refractivity contribution < 1.29 is 14.0 Å². The number of carbonyl (C=O) groups is 2. The van der Waals surface area contributed by atoms with Crippen LogP contribution >= 0.6 is 0 Å². The first kappa shape index (κ1) is 19.4. The fourth-order valence-corrected chi connectivity index (χ4v) is 3.21. The number of benzene rings is 1. The molecule has 2 N–H and O–H groups in total. The summed E-state index contributed by atoms with van der Waals surface area (Å²) in [7, 11) is 0. The Morgan fingerprint density at radius 3 is 2.20 bits per heavy atom. The number of carbonyl (C=O) groups excluding carboxylic acids is 2. The lowest BCUT2D eigenvalue weighted by Gasteiger charge is -2.28. The zero-order valence-electron chi connectivity index (χ0n) is 15.2. The first-order valence-corrected chi connectivity index (χ1v) is 9.32. The fraction of sp³-hybridized carbons (Fsp3) is 0.600. The normalized spacial score (nSPS) is 21.4. The van der Waals surface area contributed by atoms with Gasteiger partial charge in [-0.2, -0.15) is 0 Å². The molecule has 0 spiro atoms. The van der Waals surface area contributed by atoms with Crippen LogP contribution in [0.5, 0.6) is 0 Å². The molecule has 25 heavy (non-hydrogen) atoms. The SMILES string of the molecule is CCC(C)NC(=O)C1CCC(C(=O)NCCc2ccc(F)cc2)CC1. The number of rotatable bonds is 7. The van der Waals surface area contributed by atoms with E-state index in [0.717, 1.165) is 37.7 Å². The third kappa shape index (κ3) is 6.15. The van der Waals surface area contributed by atoms with Crippen molar-refractivity contribution in [2.24, 2.45) is 11.8 Å². The van der Waals surface area contributed by atoms with Crippen LogP contribution in [0, 0.1) is 17.7 Å². The van der Waals surface area contributed by atoms with E-state index in [2.05, 4.69) is 17.6 Å². The van der Waals surface area contributed by atoms with Gasteiger partial charge < -0.3 is 10.6 Å². The first-order chi connectivity index (χ1) is 12.0. The molecule has 2 amide bonds. The Bertz CT molecular complexity index is 566. The molecule has 1 unspecified atom stereocenters. The molecule has 0 aromatic heterocycles. The Hall–Kier alpha value is -1.91. The second-order valence-electron chi connectivity index (χ2n) is 7.03. The number of nitrogens with one attached hydrogen (secondary N) is 2. The smallest absolute Gasteiger partial charge is 0.223 e. The number of halogens is 1. The molecule has 1 aliphatic carbocycles. The van der Waals surface area contributed by atoms with Crippen molar-refractivity contribution >= 4 is 11.8 Å². The highest BCUT2D eigenvalue weighted by atomic mass is 19.1. The second kappa shape index (κ2) is 9.54. The van der Waals surface area contributed by atoms with Crippen LogP contribution in [-0.4, -0.2) is 24.4 Å². The Balaban J connectivity index is 1.68. The predicted molar refractivity (Wildman–Crippen MR) is 96.5 cm³/mol. The molecule has 1 atom stereocenters. The molecule has 1 saturated carbocycles. The lowest BCUT2D eigenvalue weighted by Crippen LogP contribution is -2.40. The van der Waals surface area contributed by atoms with Gasteiger partial charge >= 0.3 is 0 Å². The summed E-state index contributed by atoms with van der Waals surface area (Å²) in [6.07, 6.45) is 4.70. The number of amides is 2. The molecule has 1 fully saturated rings. The van der Waals surface area contributed by atoms with Crippen LogP contribution in [0.15, 0.2) is 24.3 Å². The van der Waals surface area contributed by atoms with E-state index in [0.29, 0.717) is 13.0 Å². The van der Waals surface area contributed by atoms with Gasteiger partial charge in [0, 0.05) is 24.4 Å². The zero-order valence-corrected chi connectivity index (χ0v) is 15.2. The molecule has 0 radical (unpaired) electrons. The Morgan fingerprint density at radius 1 is 1.08 bits per heavy atom. The van der Waals surface area contributed by atoms with E-state index in [1.165, 1.54) is 12.1 Å². The molecular formula is C20H29FN2O2. The first-order valence-electron chi connectivity index (χ1n) is 9.32. The predicted octanol–water partition coefficient (Wildman–Crippen LogP) is 3.21. The third-order valence-corrected chi connectivity index (χ3v) is 5.10. The molecular weight excluding hydrogens is 319 g/mol. The minimum Gasteiger partial charge on any atom is -0.356 e. The van der Waals surface area contributed by atoms with Gasteiger partial charge in [0.15, 0.2) is 0 Å². The zero-order chi connectivity index (χ0) is 18.2. The van der Waals surface area contributed by atoms with Gasteiger partial charge in [-0.05, 0) is 63.1 Å². The van der Waals surface area contributed by atoms with Gasteiger partial charge in [0.1, 0.15) is 5.82 Å². The maximum Gasteiger partial charge on any atom is 0.223 e. The topological polar surface area (TPSA) is 58.2 Å². The molecule has 138 valence electrons. The highest BCUT2D eigenvalue weighted by Crippen LogP contribution is 2.29. The van der Waals surface area contributed by atoms with Crippen LogP contribution in [-0.2, 0) is 16.0 Å². The highest BCUT2D eigenvalue weighted by molar-refractivity contribution is 5.81. The molecule has 0 aliphatic heterocycles. The summed E-state index contributed by atoms with van der Waals surface area (Å²) in [4.78, 5) is 24.4. The maximum absolute atomic E-state index is 12.9. The van der Waals surface area contributed by atoms with Gasteiger partial charge in [0.05, 0.1) is 0 Å². The van der Waals surface area contributed by atoms with Crippen molar-refractivity contribution in [2.45, 2.75) is 58.4 Å². The van der Waals surface area contributed by atoms with Crippen LogP contribution in [0.25, 0.3) is 0 Å². The molecule has 5 heteroatoms. The molecule has 4 nitrogen and oxygen atoms in total. The van der Waals surface area contributed by atoms with E-state index in [1.807, 2.05) is 6.92 Å². The van der Waals surface area contributed by atoms with E-state index in [4.69, 9.17) is 0 Å². The number of hydrogen-bond acceptors (Lipinski definition) is 2. The maximum atomic E-state index is 12.9. The quantitative estimate of drug-likeness (QED) is 0.795. The summed E-state index contributed by atoms with van der Waals surface area (Å²) in [5.41, 5.74) is 1.01. The third-order valence-electron chi connectivity index (χ3n) is 5.10. The number of hydrogen-bond donors (Lipinski definition) is 2. The average molecular weight is 348 g/mol. The lowest BCUT2D eigenvalue weighted by atomic mass is 9.81. The van der Waals surface area contributed by atoms with Gasteiger partial charge in [-0.3, -0.25) is 9.59 Å². The van der Waals surface area contributed by atoms with Crippen molar-refractivity contribution in [1.82, 2.24) is 10.6 Å². The van der Waals surface area contributed by atoms with Crippen molar-refractivity contribution in [2.75, 3.05) is 6.54 Å². The molecule has 0 saturated heterocycles. The highest BCUT2D eigenvalue weighted by Gasteiger charge is 2.30. The van der Waals surface area contributed by atoms with Crippen molar-refractivity contribution in [3.8, 4) is 0 Å². The standard InChI is InChI=1S/C20H29FN2O2/c1-3-14(2)23-20(25)17-8-6-16(7-9-17)19(24)22-13-12-15-4-10-18(21)11-5-15/h4-5,10-11,14,16-17H,3,6-9,12-13H2,1-2H3,(H,22,24)(H,23,25). The average Bonchev–Trinajstić information content (AvgIpc) is 2.63. The largest absolute Gasteiger partial charge is 0.356 e. The molecule has 2 rings (SSSR count). The second-order valence-corrected chi connectivity index (χ2v) is 7.03. The van der Waals surface area contributed by atoms with Gasteiger partial charge in [-0.25, -0.2) is 4.39 Å². The van der Waals surface area contributed by atoms with E-state index in [1.54, 1.807) is 12.1 Å². The summed E-state index contributed by atoms with van der Waals surface area (Å²) in [5, 5.41) is 6.00. The molecule has 0 heterocycles. The Labute approximate surface area is 149 Å². The van der Waals surface area contributed by atoms with Crippen molar-refractivity contribution in [3.63, 3.8) is 0 Å². The van der Waals surface area contributed by atoms with Crippen LogP contribution in [0.1, 0.15) is 51.5 Å². The minimum absolute atomic E-state index is 0.000802. The fourth-order valence-electron chi connectivity index (χ4n) is 3.21. The Kier molecular flexibility index (Phi) is 7.41.